The third-order valence-corrected chi connectivity index (χ3v) is 4.15. The first-order valence-corrected chi connectivity index (χ1v) is 6.15. The largest absolute Gasteiger partial charge is 0.0651 e. The van der Waals surface area contributed by atoms with Crippen LogP contribution in [0.1, 0.15) is 59.8 Å². The monoisotopic (exact) mass is 182 g/mol. The van der Waals surface area contributed by atoms with Crippen molar-refractivity contribution in [1.29, 1.82) is 0 Å². The van der Waals surface area contributed by atoms with E-state index in [1.807, 2.05) is 0 Å². The molecule has 0 amide bonds. The molecule has 0 heterocycles. The molecule has 1 rings (SSSR count). The first-order valence-electron chi connectivity index (χ1n) is 6.15. The van der Waals surface area contributed by atoms with E-state index in [4.69, 9.17) is 0 Å². The minimum Gasteiger partial charge on any atom is -0.0651 e. The molecular formula is C13H26. The van der Waals surface area contributed by atoms with Crippen molar-refractivity contribution in [3.05, 3.63) is 0 Å². The van der Waals surface area contributed by atoms with Crippen LogP contribution >= 0.6 is 0 Å². The highest BCUT2D eigenvalue weighted by molar-refractivity contribution is 4.77. The summed E-state index contributed by atoms with van der Waals surface area (Å²) in [6.07, 6.45) is 7.35. The van der Waals surface area contributed by atoms with Crippen molar-refractivity contribution in [1.82, 2.24) is 0 Å². The van der Waals surface area contributed by atoms with Crippen LogP contribution < -0.4 is 0 Å². The third-order valence-electron chi connectivity index (χ3n) is 4.15. The van der Waals surface area contributed by atoms with Crippen LogP contribution in [0.5, 0.6) is 0 Å². The lowest BCUT2D eigenvalue weighted by atomic mass is 9.71. The molecule has 0 saturated heterocycles. The van der Waals surface area contributed by atoms with Gasteiger partial charge in [-0.25, -0.2) is 0 Å². The molecule has 1 saturated carbocycles. The normalized spacial score (nSPS) is 32.1. The molecule has 3 atom stereocenters. The van der Waals surface area contributed by atoms with Crippen molar-refractivity contribution in [2.45, 2.75) is 59.8 Å². The Balaban J connectivity index is 2.41. The van der Waals surface area contributed by atoms with Crippen LogP contribution in [0.3, 0.4) is 0 Å². The maximum absolute atomic E-state index is 2.44. The highest BCUT2D eigenvalue weighted by Crippen LogP contribution is 2.37. The van der Waals surface area contributed by atoms with Gasteiger partial charge in [-0.15, -0.1) is 0 Å². The van der Waals surface area contributed by atoms with E-state index in [1.54, 1.807) is 0 Å². The molecule has 0 heteroatoms. The van der Waals surface area contributed by atoms with E-state index in [9.17, 15) is 0 Å². The zero-order chi connectivity index (χ0) is 9.84. The maximum atomic E-state index is 2.44. The van der Waals surface area contributed by atoms with Gasteiger partial charge in [0.2, 0.25) is 0 Å². The molecule has 0 bridgehead atoms. The minimum absolute atomic E-state index is 0.909. The lowest BCUT2D eigenvalue weighted by Crippen LogP contribution is -2.23. The van der Waals surface area contributed by atoms with Gasteiger partial charge in [-0.2, -0.15) is 0 Å². The molecule has 0 radical (unpaired) electrons. The summed E-state index contributed by atoms with van der Waals surface area (Å²) in [5.74, 6) is 3.92. The molecule has 1 unspecified atom stereocenters. The SMILES string of the molecule is CCC(C)[C@@H]1CCC[C@H](C(C)C)C1. The fourth-order valence-corrected chi connectivity index (χ4v) is 2.72. The van der Waals surface area contributed by atoms with Gasteiger partial charge in [-0.05, 0) is 30.1 Å². The van der Waals surface area contributed by atoms with Gasteiger partial charge >= 0.3 is 0 Å². The molecule has 78 valence electrons. The topological polar surface area (TPSA) is 0 Å². The molecule has 1 aliphatic rings. The summed E-state index contributed by atoms with van der Waals surface area (Å²) in [6.45, 7) is 9.56. The Morgan fingerprint density at radius 1 is 1.08 bits per heavy atom. The Bertz CT molecular complexity index is 137. The van der Waals surface area contributed by atoms with E-state index in [0.717, 1.165) is 23.7 Å². The van der Waals surface area contributed by atoms with E-state index in [1.165, 1.54) is 32.1 Å². The Hall–Kier alpha value is 0. The highest BCUT2D eigenvalue weighted by atomic mass is 14.3. The number of hydrogen-bond donors (Lipinski definition) is 0. The molecule has 13 heavy (non-hydrogen) atoms. The summed E-state index contributed by atoms with van der Waals surface area (Å²) in [6, 6.07) is 0. The molecule has 1 aliphatic carbocycles. The molecular weight excluding hydrogens is 156 g/mol. The van der Waals surface area contributed by atoms with Gasteiger partial charge < -0.3 is 0 Å². The van der Waals surface area contributed by atoms with Crippen LogP contribution in [0, 0.1) is 23.7 Å². The second kappa shape index (κ2) is 5.02. The first-order chi connectivity index (χ1) is 6.15. The molecule has 0 spiro atoms. The summed E-state index contributed by atoms with van der Waals surface area (Å²) < 4.78 is 0. The average molecular weight is 182 g/mol. The maximum Gasteiger partial charge on any atom is -0.0386 e. The van der Waals surface area contributed by atoms with Crippen LogP contribution in [0.2, 0.25) is 0 Å². The standard InChI is InChI=1S/C13H26/c1-5-11(4)13-8-6-7-12(9-13)10(2)3/h10-13H,5-9H2,1-4H3/t11?,12-,13+/m0/s1. The molecule has 1 fully saturated rings. The molecule has 0 aromatic rings. The van der Waals surface area contributed by atoms with E-state index >= 15 is 0 Å². The van der Waals surface area contributed by atoms with Crippen molar-refractivity contribution in [3.63, 3.8) is 0 Å². The smallest absolute Gasteiger partial charge is 0.0386 e. The highest BCUT2D eigenvalue weighted by Gasteiger charge is 2.26. The van der Waals surface area contributed by atoms with Gasteiger partial charge in [0.1, 0.15) is 0 Å². The second-order valence-electron chi connectivity index (χ2n) is 5.32. The zero-order valence-corrected chi connectivity index (χ0v) is 9.84. The Morgan fingerprint density at radius 2 is 1.69 bits per heavy atom. The second-order valence-corrected chi connectivity index (χ2v) is 5.32. The van der Waals surface area contributed by atoms with Crippen LogP contribution in [0.4, 0.5) is 0 Å². The Labute approximate surface area is 84.1 Å². The Morgan fingerprint density at radius 3 is 2.23 bits per heavy atom. The average Bonchev–Trinajstić information content (AvgIpc) is 2.17. The summed E-state index contributed by atoms with van der Waals surface area (Å²) >= 11 is 0. The van der Waals surface area contributed by atoms with E-state index in [-0.39, 0.29) is 0 Å². The van der Waals surface area contributed by atoms with Crippen LogP contribution in [0.25, 0.3) is 0 Å². The predicted molar refractivity (Wildman–Crippen MR) is 59.7 cm³/mol. The van der Waals surface area contributed by atoms with Crippen molar-refractivity contribution < 1.29 is 0 Å². The first kappa shape index (κ1) is 11.1. The predicted octanol–water partition coefficient (Wildman–Crippen LogP) is 4.49. The van der Waals surface area contributed by atoms with Crippen molar-refractivity contribution >= 4 is 0 Å². The molecule has 0 N–H and O–H groups in total. The quantitative estimate of drug-likeness (QED) is 0.603. The van der Waals surface area contributed by atoms with Gasteiger partial charge in [0.25, 0.3) is 0 Å². The summed E-state index contributed by atoms with van der Waals surface area (Å²) in [4.78, 5) is 0. The molecule has 0 nitrogen and oxygen atoms in total. The number of hydrogen-bond acceptors (Lipinski definition) is 0. The van der Waals surface area contributed by atoms with Gasteiger partial charge in [0.15, 0.2) is 0 Å². The van der Waals surface area contributed by atoms with Gasteiger partial charge in [-0.1, -0.05) is 53.4 Å². The summed E-state index contributed by atoms with van der Waals surface area (Å²) in [5, 5.41) is 0. The van der Waals surface area contributed by atoms with Gasteiger partial charge in [0.05, 0.1) is 0 Å². The van der Waals surface area contributed by atoms with Crippen molar-refractivity contribution in [2.75, 3.05) is 0 Å². The Kier molecular flexibility index (Phi) is 4.28. The van der Waals surface area contributed by atoms with Gasteiger partial charge in [-0.3, -0.25) is 0 Å². The third kappa shape index (κ3) is 3.00. The summed E-state index contributed by atoms with van der Waals surface area (Å²) in [7, 11) is 0. The van der Waals surface area contributed by atoms with Gasteiger partial charge in [0, 0.05) is 0 Å². The molecule has 0 aromatic carbocycles. The fraction of sp³-hybridized carbons (Fsp3) is 1.00. The van der Waals surface area contributed by atoms with Crippen molar-refractivity contribution in [3.8, 4) is 0 Å². The van der Waals surface area contributed by atoms with E-state index in [0.29, 0.717) is 0 Å². The lowest BCUT2D eigenvalue weighted by Gasteiger charge is -2.34. The summed E-state index contributed by atoms with van der Waals surface area (Å²) in [5.41, 5.74) is 0. The minimum atomic E-state index is 0.909. The van der Waals surface area contributed by atoms with E-state index in [2.05, 4.69) is 27.7 Å². The zero-order valence-electron chi connectivity index (χ0n) is 9.84. The van der Waals surface area contributed by atoms with Crippen LogP contribution in [0.15, 0.2) is 0 Å². The van der Waals surface area contributed by atoms with Crippen LogP contribution in [-0.2, 0) is 0 Å². The fourth-order valence-electron chi connectivity index (χ4n) is 2.72. The molecule has 0 aliphatic heterocycles. The molecule has 0 aromatic heterocycles. The number of rotatable bonds is 3. The van der Waals surface area contributed by atoms with E-state index < -0.39 is 0 Å². The lowest BCUT2D eigenvalue weighted by molar-refractivity contribution is 0.168. The van der Waals surface area contributed by atoms with Crippen LogP contribution in [-0.4, -0.2) is 0 Å². The van der Waals surface area contributed by atoms with Crippen molar-refractivity contribution in [2.24, 2.45) is 23.7 Å².